The molecule has 44 heavy (non-hydrogen) atoms. The van der Waals surface area contributed by atoms with Crippen LogP contribution in [0.5, 0.6) is 11.5 Å². The molecule has 0 radical (unpaired) electrons. The quantitative estimate of drug-likeness (QED) is 0.231. The molecule has 4 aromatic rings. The summed E-state index contributed by atoms with van der Waals surface area (Å²) in [5, 5.41) is 0. The van der Waals surface area contributed by atoms with Crippen LogP contribution in [0.1, 0.15) is 90.7 Å². The molecule has 0 bridgehead atoms. The molecule has 0 atom stereocenters. The zero-order valence-electron chi connectivity index (χ0n) is 27.8. The summed E-state index contributed by atoms with van der Waals surface area (Å²) in [6.07, 6.45) is 3.65. The first-order valence-corrected chi connectivity index (χ1v) is 17.4. The molecule has 2 aliphatic carbocycles. The fraction of sp³-hybridized carbons (Fsp3) is 0.385. The summed E-state index contributed by atoms with van der Waals surface area (Å²) in [6, 6.07) is 8.69. The van der Waals surface area contributed by atoms with Crippen molar-refractivity contribution in [2.45, 2.75) is 100 Å². The number of benzene rings is 4. The Morgan fingerprint density at radius 3 is 1.20 bits per heavy atom. The predicted molar refractivity (Wildman–Crippen MR) is 180 cm³/mol. The van der Waals surface area contributed by atoms with Gasteiger partial charge in [0.1, 0.15) is 11.5 Å². The van der Waals surface area contributed by atoms with Gasteiger partial charge in [-0.2, -0.15) is 0 Å². The van der Waals surface area contributed by atoms with Crippen molar-refractivity contribution in [2.75, 3.05) is 0 Å². The summed E-state index contributed by atoms with van der Waals surface area (Å²) in [4.78, 5) is 11.6. The van der Waals surface area contributed by atoms with Crippen molar-refractivity contribution in [2.24, 2.45) is 0 Å². The van der Waals surface area contributed by atoms with Gasteiger partial charge in [-0.3, -0.25) is 4.89 Å². The average molecular weight is 607 g/mol. The Morgan fingerprint density at radius 1 is 0.545 bits per heavy atom. The summed E-state index contributed by atoms with van der Waals surface area (Å²) in [5.74, 6) is 1.05. The predicted octanol–water partition coefficient (Wildman–Crippen LogP) is 10.2. The van der Waals surface area contributed by atoms with E-state index in [4.69, 9.17) is 9.05 Å². The highest BCUT2D eigenvalue weighted by Gasteiger charge is 2.52. The van der Waals surface area contributed by atoms with E-state index in [9.17, 15) is 9.46 Å². The van der Waals surface area contributed by atoms with Gasteiger partial charge in [-0.1, -0.05) is 24.3 Å². The van der Waals surface area contributed by atoms with Gasteiger partial charge in [0.05, 0.1) is 0 Å². The molecule has 228 valence electrons. The molecular formula is C39H43O4P. The average Bonchev–Trinajstić information content (AvgIpc) is 3.55. The summed E-state index contributed by atoms with van der Waals surface area (Å²) >= 11 is 0. The molecule has 5 heteroatoms. The van der Waals surface area contributed by atoms with E-state index in [2.05, 4.69) is 93.5 Å². The molecule has 3 aliphatic rings. The van der Waals surface area contributed by atoms with Crippen molar-refractivity contribution >= 4 is 7.82 Å². The van der Waals surface area contributed by atoms with Crippen LogP contribution in [0.3, 0.4) is 0 Å². The van der Waals surface area contributed by atoms with Crippen LogP contribution in [0.4, 0.5) is 0 Å². The third-order valence-corrected chi connectivity index (χ3v) is 12.9. The number of aryl methyl sites for hydroxylation is 2. The summed E-state index contributed by atoms with van der Waals surface area (Å²) in [6.45, 7) is 21.6. The van der Waals surface area contributed by atoms with Crippen LogP contribution in [0.25, 0.3) is 22.3 Å². The first kappa shape index (κ1) is 29.4. The Hall–Kier alpha value is -3.33. The smallest absolute Gasteiger partial charge is 0.394 e. The largest absolute Gasteiger partial charge is 0.584 e. The minimum absolute atomic E-state index is 0.338. The van der Waals surface area contributed by atoms with Gasteiger partial charge in [-0.25, -0.2) is 4.57 Å². The van der Waals surface area contributed by atoms with E-state index in [-0.39, 0.29) is 5.41 Å². The fourth-order valence-electron chi connectivity index (χ4n) is 8.80. The summed E-state index contributed by atoms with van der Waals surface area (Å²) in [5.41, 5.74) is 20.5. The van der Waals surface area contributed by atoms with E-state index in [0.29, 0.717) is 11.5 Å². The molecule has 0 fully saturated rings. The van der Waals surface area contributed by atoms with E-state index >= 15 is 0 Å². The zero-order valence-corrected chi connectivity index (χ0v) is 28.7. The molecule has 1 heterocycles. The van der Waals surface area contributed by atoms with Crippen LogP contribution >= 0.6 is 7.82 Å². The van der Waals surface area contributed by atoms with Crippen LogP contribution in [-0.4, -0.2) is 4.89 Å². The Kier molecular flexibility index (Phi) is 6.40. The Bertz CT molecular complexity index is 1820. The number of phosphoric ester groups is 1. The van der Waals surface area contributed by atoms with Crippen LogP contribution in [0, 0.1) is 69.2 Å². The van der Waals surface area contributed by atoms with Gasteiger partial charge in [0.2, 0.25) is 0 Å². The molecule has 0 amide bonds. The van der Waals surface area contributed by atoms with Crippen molar-refractivity contribution < 1.29 is 18.5 Å². The molecule has 1 spiro atoms. The standard InChI is InChI=1S/C39H43O4P/c1-19-21(3)25(7)33(26(8)22(19)4)31-13-11-29-15-17-39-18-16-30-12-14-32(34-27(9)23(5)20(2)24(6)28(34)10)38(36(30)39)43-44(40,41)42-37(31)35(29)39/h11-14H,15-18H2,1-10H3,(H,40,41). The molecular weight excluding hydrogens is 563 g/mol. The third-order valence-electron chi connectivity index (χ3n) is 12.0. The van der Waals surface area contributed by atoms with E-state index in [1.165, 1.54) is 66.8 Å². The monoisotopic (exact) mass is 606 g/mol. The van der Waals surface area contributed by atoms with Crippen LogP contribution in [0.2, 0.25) is 0 Å². The highest BCUT2D eigenvalue weighted by atomic mass is 31.2. The second-order valence-electron chi connectivity index (χ2n) is 13.7. The second-order valence-corrected chi connectivity index (χ2v) is 15.0. The van der Waals surface area contributed by atoms with Gasteiger partial charge in [0.15, 0.2) is 0 Å². The van der Waals surface area contributed by atoms with Crippen molar-refractivity contribution in [3.8, 4) is 33.8 Å². The molecule has 0 unspecified atom stereocenters. The summed E-state index contributed by atoms with van der Waals surface area (Å²) < 4.78 is 26.9. The van der Waals surface area contributed by atoms with Crippen molar-refractivity contribution in [3.05, 3.63) is 102 Å². The molecule has 4 aromatic carbocycles. The fourth-order valence-corrected chi connectivity index (χ4v) is 9.68. The van der Waals surface area contributed by atoms with Crippen LogP contribution in [-0.2, 0) is 22.8 Å². The minimum Gasteiger partial charge on any atom is -0.394 e. The van der Waals surface area contributed by atoms with Gasteiger partial charge in [0, 0.05) is 27.7 Å². The van der Waals surface area contributed by atoms with Gasteiger partial charge in [-0.15, -0.1) is 0 Å². The van der Waals surface area contributed by atoms with E-state index < -0.39 is 7.82 Å². The van der Waals surface area contributed by atoms with Gasteiger partial charge < -0.3 is 9.05 Å². The van der Waals surface area contributed by atoms with Crippen LogP contribution in [0.15, 0.2) is 24.3 Å². The molecule has 0 saturated carbocycles. The van der Waals surface area contributed by atoms with Gasteiger partial charge in [-0.05, 0) is 173 Å². The number of rotatable bonds is 2. The van der Waals surface area contributed by atoms with Crippen molar-refractivity contribution in [1.29, 1.82) is 0 Å². The number of hydrogen-bond acceptors (Lipinski definition) is 3. The zero-order chi connectivity index (χ0) is 31.6. The molecule has 0 saturated heterocycles. The maximum atomic E-state index is 14.2. The lowest BCUT2D eigenvalue weighted by molar-refractivity contribution is 0.281. The lowest BCUT2D eigenvalue weighted by Gasteiger charge is -2.35. The molecule has 1 N–H and O–H groups in total. The van der Waals surface area contributed by atoms with Gasteiger partial charge >= 0.3 is 7.82 Å². The Morgan fingerprint density at radius 2 is 0.864 bits per heavy atom. The minimum atomic E-state index is -4.58. The Labute approximate surface area is 262 Å². The number of hydrogen-bond donors (Lipinski definition) is 1. The van der Waals surface area contributed by atoms with E-state index in [1.54, 1.807) is 0 Å². The lowest BCUT2D eigenvalue weighted by Crippen LogP contribution is -2.25. The lowest BCUT2D eigenvalue weighted by atomic mass is 9.73. The maximum absolute atomic E-state index is 14.2. The highest BCUT2D eigenvalue weighted by molar-refractivity contribution is 7.48. The molecule has 4 nitrogen and oxygen atoms in total. The summed E-state index contributed by atoms with van der Waals surface area (Å²) in [7, 11) is -4.58. The molecule has 1 aliphatic heterocycles. The van der Waals surface area contributed by atoms with Crippen molar-refractivity contribution in [3.63, 3.8) is 0 Å². The van der Waals surface area contributed by atoms with Crippen LogP contribution < -0.4 is 9.05 Å². The first-order valence-electron chi connectivity index (χ1n) is 15.9. The molecule has 7 rings (SSSR count). The second kappa shape index (κ2) is 9.59. The topological polar surface area (TPSA) is 55.8 Å². The first-order chi connectivity index (χ1) is 20.7. The maximum Gasteiger partial charge on any atom is 0.584 e. The third kappa shape index (κ3) is 3.77. The van der Waals surface area contributed by atoms with Crippen molar-refractivity contribution in [1.82, 2.24) is 0 Å². The normalized spacial score (nSPS) is 17.0. The molecule has 0 aromatic heterocycles. The van der Waals surface area contributed by atoms with E-state index in [1.807, 2.05) is 0 Å². The Balaban J connectivity index is 1.58. The van der Waals surface area contributed by atoms with E-state index in [0.717, 1.165) is 59.1 Å². The SMILES string of the molecule is Cc1c(C)c(C)c(-c2ccc3c4c2OP(=O)(O)Oc2c(-c5c(C)c(C)c(C)c(C)c5C)ccc5c2C4(CC3)CC5)c(C)c1C. The highest BCUT2D eigenvalue weighted by Crippen LogP contribution is 2.66. The number of phosphoric acid groups is 1. The van der Waals surface area contributed by atoms with Gasteiger partial charge in [0.25, 0.3) is 0 Å².